The maximum absolute atomic E-state index is 12.3. The molecular weight excluding hydrogens is 532 g/mol. The summed E-state index contributed by atoms with van der Waals surface area (Å²) in [6.07, 6.45) is 0. The molecule has 0 aliphatic carbocycles. The number of esters is 1. The van der Waals surface area contributed by atoms with Gasteiger partial charge in [-0.3, -0.25) is 0 Å². The molecule has 5 aromatic carbocycles. The summed E-state index contributed by atoms with van der Waals surface area (Å²) in [6, 6.07) is 38.8. The number of carbonyl (C=O) groups excluding carboxylic acids is 1. The Labute approximate surface area is 251 Å². The Kier molecular flexibility index (Phi) is 6.63. The smallest absolute Gasteiger partial charge is 0.338 e. The summed E-state index contributed by atoms with van der Waals surface area (Å²) >= 11 is 0. The zero-order valence-electron chi connectivity index (χ0n) is 24.3. The highest BCUT2D eigenvalue weighted by molar-refractivity contribution is 6.07. The highest BCUT2D eigenvalue weighted by Gasteiger charge is 2.28. The van der Waals surface area contributed by atoms with Crippen molar-refractivity contribution in [3.05, 3.63) is 132 Å². The first-order valence-electron chi connectivity index (χ1n) is 14.5. The number of nitrogens with zero attached hydrogens (tertiary/aromatic N) is 2. The average molecular weight is 563 g/mol. The molecule has 0 saturated heterocycles. The van der Waals surface area contributed by atoms with Crippen LogP contribution < -0.4 is 9.64 Å². The number of para-hydroxylation sites is 4. The third kappa shape index (κ3) is 4.69. The average Bonchev–Trinajstić information content (AvgIpc) is 3.04. The Bertz CT molecular complexity index is 1950. The van der Waals surface area contributed by atoms with E-state index < -0.39 is 0 Å². The summed E-state index contributed by atoms with van der Waals surface area (Å²) in [5, 5.41) is 1.09. The van der Waals surface area contributed by atoms with Crippen molar-refractivity contribution in [2.75, 3.05) is 11.5 Å². The maximum atomic E-state index is 12.3. The molecule has 0 fully saturated rings. The molecule has 7 rings (SSSR count). The summed E-state index contributed by atoms with van der Waals surface area (Å²) < 4.78 is 11.5. The number of hydrogen-bond acceptors (Lipinski definition) is 5. The van der Waals surface area contributed by atoms with Crippen LogP contribution in [-0.4, -0.2) is 17.6 Å². The van der Waals surface area contributed by atoms with Crippen LogP contribution in [0.2, 0.25) is 0 Å². The van der Waals surface area contributed by atoms with Crippen LogP contribution in [0.15, 0.2) is 115 Å². The number of pyridine rings is 1. The van der Waals surface area contributed by atoms with Crippen molar-refractivity contribution in [2.24, 2.45) is 0 Å². The van der Waals surface area contributed by atoms with E-state index in [0.29, 0.717) is 12.2 Å². The first-order valence-corrected chi connectivity index (χ1v) is 14.5. The highest BCUT2D eigenvalue weighted by atomic mass is 16.5. The van der Waals surface area contributed by atoms with Gasteiger partial charge in [0.1, 0.15) is 0 Å². The molecular formula is C38H30N2O3. The second-order valence-corrected chi connectivity index (χ2v) is 10.7. The monoisotopic (exact) mass is 562 g/mol. The van der Waals surface area contributed by atoms with Gasteiger partial charge in [-0.2, -0.15) is 0 Å². The van der Waals surface area contributed by atoms with Gasteiger partial charge in [0.2, 0.25) is 0 Å². The van der Waals surface area contributed by atoms with Gasteiger partial charge in [0, 0.05) is 10.9 Å². The van der Waals surface area contributed by atoms with E-state index in [-0.39, 0.29) is 5.97 Å². The van der Waals surface area contributed by atoms with Crippen molar-refractivity contribution in [1.82, 2.24) is 4.98 Å². The minimum absolute atomic E-state index is 0.330. The van der Waals surface area contributed by atoms with E-state index in [4.69, 9.17) is 14.5 Å². The summed E-state index contributed by atoms with van der Waals surface area (Å²) in [5.41, 5.74) is 10.6. The molecule has 5 heteroatoms. The Hall–Kier alpha value is -5.42. The Morgan fingerprint density at radius 2 is 1.37 bits per heavy atom. The predicted octanol–water partition coefficient (Wildman–Crippen LogP) is 9.94. The lowest BCUT2D eigenvalue weighted by Crippen LogP contribution is -2.16. The van der Waals surface area contributed by atoms with Crippen molar-refractivity contribution in [1.29, 1.82) is 0 Å². The molecule has 1 aliphatic rings. The summed E-state index contributed by atoms with van der Waals surface area (Å²) in [6.45, 7) is 6.38. The molecule has 6 aromatic rings. The molecule has 0 N–H and O–H groups in total. The number of anilines is 3. The fraction of sp³-hybridized carbons (Fsp3) is 0.105. The molecule has 0 spiro atoms. The van der Waals surface area contributed by atoms with Crippen molar-refractivity contribution in [3.63, 3.8) is 0 Å². The molecule has 5 nitrogen and oxygen atoms in total. The molecule has 2 heterocycles. The number of aromatic nitrogens is 1. The van der Waals surface area contributed by atoms with Gasteiger partial charge < -0.3 is 14.4 Å². The van der Waals surface area contributed by atoms with Crippen molar-refractivity contribution >= 4 is 33.9 Å². The number of fused-ring (bicyclic) bond motifs is 3. The molecule has 0 atom stereocenters. The molecule has 0 radical (unpaired) electrons. The zero-order chi connectivity index (χ0) is 29.5. The molecule has 0 unspecified atom stereocenters. The third-order valence-corrected chi connectivity index (χ3v) is 7.88. The fourth-order valence-corrected chi connectivity index (χ4v) is 5.74. The minimum Gasteiger partial charge on any atom is -0.462 e. The minimum atomic E-state index is -0.330. The first-order chi connectivity index (χ1) is 21.0. The maximum Gasteiger partial charge on any atom is 0.338 e. The molecule has 1 aromatic heterocycles. The molecule has 0 bridgehead atoms. The van der Waals surface area contributed by atoms with E-state index in [0.717, 1.165) is 67.4 Å². The number of benzene rings is 5. The lowest BCUT2D eigenvalue weighted by Gasteiger charge is -2.33. The Morgan fingerprint density at radius 1 is 0.744 bits per heavy atom. The largest absolute Gasteiger partial charge is 0.462 e. The number of aryl methyl sites for hydroxylation is 2. The van der Waals surface area contributed by atoms with E-state index in [9.17, 15) is 4.79 Å². The van der Waals surface area contributed by atoms with E-state index in [2.05, 4.69) is 73.3 Å². The van der Waals surface area contributed by atoms with E-state index in [1.807, 2.05) is 55.5 Å². The van der Waals surface area contributed by atoms with Crippen LogP contribution in [0, 0.1) is 13.8 Å². The van der Waals surface area contributed by atoms with Gasteiger partial charge in [0.15, 0.2) is 11.5 Å². The summed E-state index contributed by atoms with van der Waals surface area (Å²) in [7, 11) is 0. The summed E-state index contributed by atoms with van der Waals surface area (Å²) in [4.78, 5) is 19.9. The topological polar surface area (TPSA) is 51.7 Å². The Balaban J connectivity index is 1.50. The lowest BCUT2D eigenvalue weighted by atomic mass is 9.94. The Morgan fingerprint density at radius 3 is 2.02 bits per heavy atom. The number of ether oxygens (including phenoxy) is 2. The fourth-order valence-electron chi connectivity index (χ4n) is 5.74. The third-order valence-electron chi connectivity index (χ3n) is 7.88. The van der Waals surface area contributed by atoms with Crippen LogP contribution >= 0.6 is 0 Å². The van der Waals surface area contributed by atoms with Crippen molar-refractivity contribution in [3.8, 4) is 33.9 Å². The van der Waals surface area contributed by atoms with Crippen LogP contribution in [0.1, 0.15) is 28.4 Å². The molecule has 0 saturated carbocycles. The second-order valence-electron chi connectivity index (χ2n) is 10.7. The van der Waals surface area contributed by atoms with Gasteiger partial charge in [0.25, 0.3) is 0 Å². The zero-order valence-corrected chi connectivity index (χ0v) is 24.3. The lowest BCUT2D eigenvalue weighted by molar-refractivity contribution is 0.0526. The van der Waals surface area contributed by atoms with E-state index in [1.54, 1.807) is 12.1 Å². The van der Waals surface area contributed by atoms with Gasteiger partial charge in [-0.1, -0.05) is 72.3 Å². The molecule has 0 amide bonds. The van der Waals surface area contributed by atoms with Gasteiger partial charge in [-0.25, -0.2) is 9.78 Å². The number of hydrogen-bond donors (Lipinski definition) is 0. The van der Waals surface area contributed by atoms with Crippen LogP contribution in [-0.2, 0) is 4.74 Å². The van der Waals surface area contributed by atoms with E-state index in [1.165, 1.54) is 5.56 Å². The van der Waals surface area contributed by atoms with Gasteiger partial charge >= 0.3 is 5.97 Å². The van der Waals surface area contributed by atoms with Gasteiger partial charge in [-0.05, 0) is 86.0 Å². The van der Waals surface area contributed by atoms with Gasteiger partial charge in [-0.15, -0.1) is 0 Å². The summed E-state index contributed by atoms with van der Waals surface area (Å²) in [5.74, 6) is 1.25. The SMILES string of the molecule is CCOC(=O)c1ccc(-c2cc(-c3ccc(C)cc3)c3c(C)ccc(N4c5ccccc5Oc5ccccc54)c3n2)cc1. The van der Waals surface area contributed by atoms with Crippen molar-refractivity contribution < 1.29 is 14.3 Å². The number of carbonyl (C=O) groups is 1. The quantitative estimate of drug-likeness (QED) is 0.195. The van der Waals surface area contributed by atoms with Crippen LogP contribution in [0.5, 0.6) is 11.5 Å². The standard InChI is InChI=1S/C38H30N2O3/c1-4-42-38(41)28-20-18-27(19-21-28)30-23-29(26-16-13-24(2)14-17-26)36-25(3)15-22-33(37(36)39-30)40-31-9-5-7-11-34(31)43-35-12-8-6-10-32(35)40/h5-23H,4H2,1-3H3. The van der Waals surface area contributed by atoms with E-state index >= 15 is 0 Å². The van der Waals surface area contributed by atoms with Crippen LogP contribution in [0.25, 0.3) is 33.3 Å². The highest BCUT2D eigenvalue weighted by Crippen LogP contribution is 2.52. The predicted molar refractivity (Wildman–Crippen MR) is 173 cm³/mol. The molecule has 43 heavy (non-hydrogen) atoms. The van der Waals surface area contributed by atoms with Crippen LogP contribution in [0.3, 0.4) is 0 Å². The molecule has 210 valence electrons. The second kappa shape index (κ2) is 10.8. The number of rotatable bonds is 5. The van der Waals surface area contributed by atoms with Crippen molar-refractivity contribution in [2.45, 2.75) is 20.8 Å². The molecule has 1 aliphatic heterocycles. The first kappa shape index (κ1) is 26.5. The van der Waals surface area contributed by atoms with Gasteiger partial charge in [0.05, 0.1) is 40.4 Å². The van der Waals surface area contributed by atoms with Crippen LogP contribution in [0.4, 0.5) is 17.1 Å². The normalized spacial score (nSPS) is 11.9.